The van der Waals surface area contributed by atoms with Gasteiger partial charge in [-0.1, -0.05) is 55.3 Å². The van der Waals surface area contributed by atoms with Crippen LogP contribution in [0.3, 0.4) is 0 Å². The molecule has 3 heterocycles. The van der Waals surface area contributed by atoms with E-state index < -0.39 is 0 Å². The monoisotopic (exact) mass is 533 g/mol. The van der Waals surface area contributed by atoms with Crippen LogP contribution in [0.1, 0.15) is 38.3 Å². The Morgan fingerprint density at radius 1 is 0.947 bits per heavy atom. The zero-order chi connectivity index (χ0) is 27.1. The lowest BCUT2D eigenvalue weighted by Crippen LogP contribution is -2.20. The summed E-state index contributed by atoms with van der Waals surface area (Å²) in [5.41, 5.74) is 6.78. The summed E-state index contributed by atoms with van der Waals surface area (Å²) in [6, 6.07) is 20.7. The topological polar surface area (TPSA) is 79.4 Å². The SMILES string of the molecule is CC.COC=O.Cc1ccc(-c2nc3cc(-c4nc5cc(Cl)ccc5o4)ccc3n2C2CCOCC2)cc1. The van der Waals surface area contributed by atoms with Crippen LogP contribution in [0, 0.1) is 6.92 Å². The average Bonchev–Trinajstić information content (AvgIpc) is 3.56. The standard InChI is InChI=1S/C26H22ClN3O2.C2H4O2.C2H6/c1-16-2-4-17(5-3-16)25-28-21-14-18(26-29-22-15-19(27)7-9-24(22)32-26)6-8-23(21)30(25)20-10-12-31-13-11-20;1-4-2-3;1-2/h2-9,14-15,20H,10-13H2,1H3;2H,1H3;1-2H3. The summed E-state index contributed by atoms with van der Waals surface area (Å²) in [5, 5.41) is 0.644. The van der Waals surface area contributed by atoms with Crippen molar-refractivity contribution in [3.63, 3.8) is 0 Å². The van der Waals surface area contributed by atoms with E-state index in [0.29, 0.717) is 23.4 Å². The quantitative estimate of drug-likeness (QED) is 0.221. The number of carbonyl (C=O) groups excluding carboxylic acids is 1. The maximum atomic E-state index is 8.95. The summed E-state index contributed by atoms with van der Waals surface area (Å²) >= 11 is 6.11. The summed E-state index contributed by atoms with van der Waals surface area (Å²) in [4.78, 5) is 18.7. The third-order valence-corrected chi connectivity index (χ3v) is 6.48. The van der Waals surface area contributed by atoms with Crippen molar-refractivity contribution in [2.24, 2.45) is 0 Å². The molecule has 0 bridgehead atoms. The molecule has 0 atom stereocenters. The molecule has 0 radical (unpaired) electrons. The van der Waals surface area contributed by atoms with E-state index in [4.69, 9.17) is 30.5 Å². The van der Waals surface area contributed by atoms with E-state index in [1.54, 1.807) is 0 Å². The third kappa shape index (κ3) is 5.90. The normalized spacial score (nSPS) is 13.4. The molecule has 1 saturated heterocycles. The molecule has 0 N–H and O–H groups in total. The number of nitrogens with zero attached hydrogens (tertiary/aromatic N) is 3. The minimum atomic E-state index is 0.363. The lowest BCUT2D eigenvalue weighted by Gasteiger charge is -2.26. The molecule has 2 aromatic heterocycles. The first kappa shape index (κ1) is 27.4. The highest BCUT2D eigenvalue weighted by Gasteiger charge is 2.23. The van der Waals surface area contributed by atoms with E-state index in [2.05, 4.69) is 63.7 Å². The molecule has 7 nitrogen and oxygen atoms in total. The average molecular weight is 534 g/mol. The molecule has 1 fully saturated rings. The van der Waals surface area contributed by atoms with Gasteiger partial charge in [0, 0.05) is 35.4 Å². The number of methoxy groups -OCH3 is 1. The van der Waals surface area contributed by atoms with Gasteiger partial charge in [-0.2, -0.15) is 0 Å². The summed E-state index contributed by atoms with van der Waals surface area (Å²) in [6.45, 7) is 8.04. The molecule has 0 aliphatic carbocycles. The summed E-state index contributed by atoms with van der Waals surface area (Å²) in [7, 11) is 1.31. The fraction of sp³-hybridized carbons (Fsp3) is 0.300. The van der Waals surface area contributed by atoms with E-state index in [0.717, 1.165) is 65.1 Å². The summed E-state index contributed by atoms with van der Waals surface area (Å²) in [5.74, 6) is 1.56. The highest BCUT2D eigenvalue weighted by Crippen LogP contribution is 2.35. The maximum Gasteiger partial charge on any atom is 0.292 e. The number of imidazole rings is 1. The lowest BCUT2D eigenvalue weighted by molar-refractivity contribution is -0.126. The number of aryl methyl sites for hydroxylation is 1. The van der Waals surface area contributed by atoms with Crippen molar-refractivity contribution in [3.05, 3.63) is 71.2 Å². The Kier molecular flexibility index (Phi) is 9.15. The first-order valence-electron chi connectivity index (χ1n) is 12.8. The van der Waals surface area contributed by atoms with E-state index in [9.17, 15) is 0 Å². The second-order valence-electron chi connectivity index (χ2n) is 8.68. The molecule has 198 valence electrons. The molecule has 6 rings (SSSR count). The Morgan fingerprint density at radius 3 is 2.32 bits per heavy atom. The summed E-state index contributed by atoms with van der Waals surface area (Å²) < 4.78 is 17.9. The van der Waals surface area contributed by atoms with E-state index in [-0.39, 0.29) is 0 Å². The first-order chi connectivity index (χ1) is 18.6. The van der Waals surface area contributed by atoms with Crippen molar-refractivity contribution in [3.8, 4) is 22.8 Å². The highest BCUT2D eigenvalue weighted by molar-refractivity contribution is 6.31. The number of oxazole rings is 1. The van der Waals surface area contributed by atoms with Crippen molar-refractivity contribution in [1.29, 1.82) is 0 Å². The summed E-state index contributed by atoms with van der Waals surface area (Å²) in [6.07, 6.45) is 1.97. The predicted molar refractivity (Wildman–Crippen MR) is 151 cm³/mol. The Bertz CT molecular complexity index is 1500. The highest BCUT2D eigenvalue weighted by atomic mass is 35.5. The Labute approximate surface area is 227 Å². The molecule has 0 saturated carbocycles. The van der Waals surface area contributed by atoms with Crippen LogP contribution in [-0.2, 0) is 14.3 Å². The number of hydrogen-bond donors (Lipinski definition) is 0. The number of fused-ring (bicyclic) bond motifs is 2. The minimum Gasteiger partial charge on any atom is -0.471 e. The van der Waals surface area contributed by atoms with Gasteiger partial charge in [0.05, 0.1) is 18.1 Å². The molecule has 0 spiro atoms. The van der Waals surface area contributed by atoms with Crippen LogP contribution < -0.4 is 0 Å². The van der Waals surface area contributed by atoms with Crippen LogP contribution in [0.4, 0.5) is 0 Å². The van der Waals surface area contributed by atoms with Crippen molar-refractivity contribution in [2.75, 3.05) is 20.3 Å². The first-order valence-corrected chi connectivity index (χ1v) is 13.1. The van der Waals surface area contributed by atoms with Gasteiger partial charge in [0.25, 0.3) is 6.47 Å². The molecule has 5 aromatic rings. The van der Waals surface area contributed by atoms with Crippen molar-refractivity contribution in [1.82, 2.24) is 14.5 Å². The Hall–Kier alpha value is -3.68. The van der Waals surface area contributed by atoms with Crippen LogP contribution in [0.15, 0.2) is 65.1 Å². The van der Waals surface area contributed by atoms with Crippen LogP contribution in [0.5, 0.6) is 0 Å². The molecule has 1 aliphatic heterocycles. The molecule has 1 aliphatic rings. The predicted octanol–water partition coefficient (Wildman–Crippen LogP) is 7.64. The number of rotatable bonds is 4. The van der Waals surface area contributed by atoms with Gasteiger partial charge < -0.3 is 18.5 Å². The van der Waals surface area contributed by atoms with Crippen molar-refractivity contribution >= 4 is 40.2 Å². The van der Waals surface area contributed by atoms with Gasteiger partial charge in [-0.3, -0.25) is 4.79 Å². The second-order valence-corrected chi connectivity index (χ2v) is 9.12. The number of benzene rings is 3. The molecule has 3 aromatic carbocycles. The lowest BCUT2D eigenvalue weighted by atomic mass is 10.1. The molecule has 0 unspecified atom stereocenters. The van der Waals surface area contributed by atoms with Crippen molar-refractivity contribution < 1.29 is 18.7 Å². The molecular weight excluding hydrogens is 502 g/mol. The second kappa shape index (κ2) is 12.7. The number of hydrogen-bond acceptors (Lipinski definition) is 6. The van der Waals surface area contributed by atoms with E-state index in [1.165, 1.54) is 12.7 Å². The molecule has 38 heavy (non-hydrogen) atoms. The van der Waals surface area contributed by atoms with Gasteiger partial charge in [-0.15, -0.1) is 0 Å². The molecule has 0 amide bonds. The van der Waals surface area contributed by atoms with E-state index in [1.807, 2.05) is 32.0 Å². The zero-order valence-corrected chi connectivity index (χ0v) is 22.9. The fourth-order valence-electron chi connectivity index (χ4n) is 4.48. The zero-order valence-electron chi connectivity index (χ0n) is 22.1. The Morgan fingerprint density at radius 2 is 1.63 bits per heavy atom. The van der Waals surface area contributed by atoms with Crippen LogP contribution in [0.2, 0.25) is 5.02 Å². The minimum absolute atomic E-state index is 0.363. The molecule has 8 heteroatoms. The maximum absolute atomic E-state index is 8.95. The van der Waals surface area contributed by atoms with Crippen LogP contribution in [-0.4, -0.2) is 41.3 Å². The number of ether oxygens (including phenoxy) is 2. The van der Waals surface area contributed by atoms with Gasteiger partial charge in [-0.25, -0.2) is 9.97 Å². The van der Waals surface area contributed by atoms with Gasteiger partial charge >= 0.3 is 0 Å². The number of carbonyl (C=O) groups is 1. The van der Waals surface area contributed by atoms with Gasteiger partial charge in [0.1, 0.15) is 11.3 Å². The van der Waals surface area contributed by atoms with Crippen LogP contribution >= 0.6 is 11.6 Å². The van der Waals surface area contributed by atoms with E-state index >= 15 is 0 Å². The van der Waals surface area contributed by atoms with Crippen LogP contribution in [0.25, 0.3) is 45.0 Å². The fourth-order valence-corrected chi connectivity index (χ4v) is 4.64. The number of halogens is 1. The smallest absolute Gasteiger partial charge is 0.292 e. The number of aromatic nitrogens is 3. The third-order valence-electron chi connectivity index (χ3n) is 6.25. The largest absolute Gasteiger partial charge is 0.471 e. The molecular formula is C30H32ClN3O4. The van der Waals surface area contributed by atoms with Gasteiger partial charge in [-0.05, 0) is 56.2 Å². The Balaban J connectivity index is 0.000000515. The van der Waals surface area contributed by atoms with Gasteiger partial charge in [0.15, 0.2) is 5.58 Å². The van der Waals surface area contributed by atoms with Crippen molar-refractivity contribution in [2.45, 2.75) is 39.7 Å². The van der Waals surface area contributed by atoms with Gasteiger partial charge in [0.2, 0.25) is 5.89 Å².